The normalized spacial score (nSPS) is 10.9. The molecule has 4 nitrogen and oxygen atoms in total. The molecule has 0 spiro atoms. The molecule has 3 rings (SSSR count). The predicted octanol–water partition coefficient (Wildman–Crippen LogP) is 2.37. The maximum atomic E-state index is 12.2. The van der Waals surface area contributed by atoms with Gasteiger partial charge in [-0.1, -0.05) is 23.7 Å². The van der Waals surface area contributed by atoms with Gasteiger partial charge in [-0.2, -0.15) is 0 Å². The Bertz CT molecular complexity index is 745. The molecule has 84 valence electrons. The van der Waals surface area contributed by atoms with E-state index in [0.717, 1.165) is 5.52 Å². The first-order valence-corrected chi connectivity index (χ1v) is 5.45. The van der Waals surface area contributed by atoms with Crippen molar-refractivity contribution in [3.63, 3.8) is 0 Å². The quantitative estimate of drug-likeness (QED) is 0.716. The molecule has 0 aliphatic carbocycles. The molecule has 0 saturated heterocycles. The second kappa shape index (κ2) is 3.75. The highest BCUT2D eigenvalue weighted by Gasteiger charge is 2.08. The Morgan fingerprint density at radius 2 is 2.06 bits per heavy atom. The van der Waals surface area contributed by atoms with E-state index >= 15 is 0 Å². The molecule has 0 aliphatic heterocycles. The molecule has 0 fully saturated rings. The fraction of sp³-hybridized carbons (Fsp3) is 0. The summed E-state index contributed by atoms with van der Waals surface area (Å²) >= 11 is 6.07. The minimum Gasteiger partial charge on any atom is -0.344 e. The molecule has 1 aromatic carbocycles. The van der Waals surface area contributed by atoms with Crippen LogP contribution in [0.2, 0.25) is 5.02 Å². The van der Waals surface area contributed by atoms with Gasteiger partial charge >= 0.3 is 0 Å². The summed E-state index contributed by atoms with van der Waals surface area (Å²) in [6.45, 7) is 0. The highest BCUT2D eigenvalue weighted by molar-refractivity contribution is 6.32. The lowest BCUT2D eigenvalue weighted by atomic mass is 10.3. The monoisotopic (exact) mass is 245 g/mol. The number of hydrogen-bond acceptors (Lipinski definition) is 2. The van der Waals surface area contributed by atoms with Crippen LogP contribution in [0.15, 0.2) is 47.7 Å². The Morgan fingerprint density at radius 3 is 2.88 bits per heavy atom. The summed E-state index contributed by atoms with van der Waals surface area (Å²) < 4.78 is 1.49. The van der Waals surface area contributed by atoms with Gasteiger partial charge in [0.25, 0.3) is 5.56 Å². The number of aromatic amines is 1. The Morgan fingerprint density at radius 1 is 1.24 bits per heavy atom. The SMILES string of the molecule is O=c1c2nc[nH]c2ccn1-c1ccccc1Cl. The molecule has 0 amide bonds. The molecular formula is C12H8ClN3O. The van der Waals surface area contributed by atoms with Crippen LogP contribution in [0.4, 0.5) is 0 Å². The first-order valence-electron chi connectivity index (χ1n) is 5.07. The third-order valence-corrected chi connectivity index (χ3v) is 2.91. The van der Waals surface area contributed by atoms with Gasteiger partial charge < -0.3 is 4.98 Å². The lowest BCUT2D eigenvalue weighted by molar-refractivity contribution is 1.00. The molecule has 0 aliphatic rings. The molecule has 0 saturated carbocycles. The molecule has 5 heteroatoms. The van der Waals surface area contributed by atoms with Gasteiger partial charge in [0.05, 0.1) is 22.6 Å². The van der Waals surface area contributed by atoms with Crippen LogP contribution in [0.3, 0.4) is 0 Å². The fourth-order valence-electron chi connectivity index (χ4n) is 1.77. The molecule has 17 heavy (non-hydrogen) atoms. The van der Waals surface area contributed by atoms with E-state index in [1.807, 2.05) is 12.1 Å². The third kappa shape index (κ3) is 1.54. The van der Waals surface area contributed by atoms with Gasteiger partial charge in [-0.3, -0.25) is 9.36 Å². The largest absolute Gasteiger partial charge is 0.344 e. The van der Waals surface area contributed by atoms with Crippen LogP contribution in [0, 0.1) is 0 Å². The van der Waals surface area contributed by atoms with E-state index in [9.17, 15) is 4.79 Å². The molecule has 2 aromatic heterocycles. The Kier molecular flexibility index (Phi) is 2.23. The number of rotatable bonds is 1. The second-order valence-electron chi connectivity index (χ2n) is 3.61. The minimum atomic E-state index is -0.183. The van der Waals surface area contributed by atoms with Crippen molar-refractivity contribution in [3.8, 4) is 5.69 Å². The molecule has 0 unspecified atom stereocenters. The zero-order valence-corrected chi connectivity index (χ0v) is 9.48. The van der Waals surface area contributed by atoms with Crippen molar-refractivity contribution in [2.45, 2.75) is 0 Å². The first-order chi connectivity index (χ1) is 8.27. The highest BCUT2D eigenvalue weighted by atomic mass is 35.5. The van der Waals surface area contributed by atoms with E-state index in [1.54, 1.807) is 24.4 Å². The third-order valence-electron chi connectivity index (χ3n) is 2.59. The van der Waals surface area contributed by atoms with E-state index in [-0.39, 0.29) is 5.56 Å². The maximum absolute atomic E-state index is 12.2. The number of H-pyrrole nitrogens is 1. The number of imidazole rings is 1. The number of nitrogens with one attached hydrogen (secondary N) is 1. The van der Waals surface area contributed by atoms with Gasteiger partial charge in [0, 0.05) is 6.20 Å². The maximum Gasteiger partial charge on any atom is 0.283 e. The molecule has 2 heterocycles. The van der Waals surface area contributed by atoms with Gasteiger partial charge in [0.1, 0.15) is 0 Å². The molecule has 3 aromatic rings. The van der Waals surface area contributed by atoms with Crippen molar-refractivity contribution < 1.29 is 0 Å². The standard InChI is InChI=1S/C12H8ClN3O/c13-8-3-1-2-4-10(8)16-6-5-9-11(12(16)17)15-7-14-9/h1-7H,(H,14,15). The van der Waals surface area contributed by atoms with Crippen LogP contribution < -0.4 is 5.56 Å². The average molecular weight is 246 g/mol. The zero-order chi connectivity index (χ0) is 11.8. The summed E-state index contributed by atoms with van der Waals surface area (Å²) in [6.07, 6.45) is 3.19. The van der Waals surface area contributed by atoms with Crippen molar-refractivity contribution in [1.82, 2.24) is 14.5 Å². The molecule has 1 N–H and O–H groups in total. The van der Waals surface area contributed by atoms with Gasteiger partial charge in [-0.15, -0.1) is 0 Å². The lowest BCUT2D eigenvalue weighted by Gasteiger charge is -2.06. The minimum absolute atomic E-state index is 0.183. The summed E-state index contributed by atoms with van der Waals surface area (Å²) in [6, 6.07) is 9.00. The Hall–Kier alpha value is -2.07. The second-order valence-corrected chi connectivity index (χ2v) is 4.01. The van der Waals surface area contributed by atoms with Crippen molar-refractivity contribution in [2.75, 3.05) is 0 Å². The van der Waals surface area contributed by atoms with E-state index < -0.39 is 0 Å². The smallest absolute Gasteiger partial charge is 0.283 e. The first kappa shape index (κ1) is 10.1. The number of aromatic nitrogens is 3. The van der Waals surface area contributed by atoms with Crippen LogP contribution in [0.5, 0.6) is 0 Å². The van der Waals surface area contributed by atoms with E-state index in [2.05, 4.69) is 9.97 Å². The number of para-hydroxylation sites is 1. The zero-order valence-electron chi connectivity index (χ0n) is 8.72. The van der Waals surface area contributed by atoms with E-state index in [1.165, 1.54) is 10.9 Å². The van der Waals surface area contributed by atoms with E-state index in [4.69, 9.17) is 11.6 Å². The van der Waals surface area contributed by atoms with Gasteiger partial charge in [0.15, 0.2) is 5.52 Å². The highest BCUT2D eigenvalue weighted by Crippen LogP contribution is 2.18. The number of fused-ring (bicyclic) bond motifs is 1. The van der Waals surface area contributed by atoms with E-state index in [0.29, 0.717) is 16.2 Å². The average Bonchev–Trinajstić information content (AvgIpc) is 2.80. The van der Waals surface area contributed by atoms with Crippen molar-refractivity contribution in [1.29, 1.82) is 0 Å². The number of nitrogens with zero attached hydrogens (tertiary/aromatic N) is 2. The van der Waals surface area contributed by atoms with Crippen molar-refractivity contribution in [3.05, 3.63) is 58.2 Å². The van der Waals surface area contributed by atoms with Crippen molar-refractivity contribution >= 4 is 22.6 Å². The van der Waals surface area contributed by atoms with Gasteiger partial charge in [-0.05, 0) is 18.2 Å². The predicted molar refractivity (Wildman–Crippen MR) is 66.7 cm³/mol. The fourth-order valence-corrected chi connectivity index (χ4v) is 2.00. The summed E-state index contributed by atoms with van der Waals surface area (Å²) in [7, 11) is 0. The lowest BCUT2D eigenvalue weighted by Crippen LogP contribution is -2.17. The molecule has 0 radical (unpaired) electrons. The van der Waals surface area contributed by atoms with Gasteiger partial charge in [0.2, 0.25) is 0 Å². The summed E-state index contributed by atoms with van der Waals surface area (Å²) in [5.74, 6) is 0. The number of benzene rings is 1. The molecular weight excluding hydrogens is 238 g/mol. The summed E-state index contributed by atoms with van der Waals surface area (Å²) in [5, 5.41) is 0.532. The Balaban J connectivity index is 2.35. The summed E-state index contributed by atoms with van der Waals surface area (Å²) in [5.41, 5.74) is 1.60. The van der Waals surface area contributed by atoms with Crippen LogP contribution >= 0.6 is 11.6 Å². The van der Waals surface area contributed by atoms with Crippen LogP contribution in [-0.4, -0.2) is 14.5 Å². The van der Waals surface area contributed by atoms with Gasteiger partial charge in [-0.25, -0.2) is 4.98 Å². The molecule has 0 atom stereocenters. The van der Waals surface area contributed by atoms with Crippen LogP contribution in [0.1, 0.15) is 0 Å². The van der Waals surface area contributed by atoms with Crippen LogP contribution in [-0.2, 0) is 0 Å². The number of hydrogen-bond donors (Lipinski definition) is 1. The topological polar surface area (TPSA) is 50.7 Å². The number of halogens is 1. The number of pyridine rings is 1. The molecule has 0 bridgehead atoms. The van der Waals surface area contributed by atoms with Crippen molar-refractivity contribution in [2.24, 2.45) is 0 Å². The van der Waals surface area contributed by atoms with Crippen LogP contribution in [0.25, 0.3) is 16.7 Å². The summed E-state index contributed by atoms with van der Waals surface area (Å²) in [4.78, 5) is 19.1. The Labute approximate surface area is 101 Å².